The van der Waals surface area contributed by atoms with Crippen molar-refractivity contribution in [3.63, 3.8) is 0 Å². The third-order valence-corrected chi connectivity index (χ3v) is 5.41. The number of hydrogen-bond donors (Lipinski definition) is 0. The summed E-state index contributed by atoms with van der Waals surface area (Å²) in [4.78, 5) is 14.5. The molecule has 2 aromatic carbocycles. The van der Waals surface area contributed by atoms with Crippen molar-refractivity contribution >= 4 is 27.3 Å². The molecule has 132 valence electrons. The number of benzene rings is 2. The maximum absolute atomic E-state index is 13.1. The second-order valence-corrected chi connectivity index (χ2v) is 8.10. The third-order valence-electron chi connectivity index (χ3n) is 4.27. The lowest BCUT2D eigenvalue weighted by molar-refractivity contribution is -0.117. The predicted octanol–water partition coefficient (Wildman–Crippen LogP) is 2.57. The van der Waals surface area contributed by atoms with Gasteiger partial charge in [0, 0.05) is 11.7 Å². The monoisotopic (exact) mass is 362 g/mol. The zero-order chi connectivity index (χ0) is 18.2. The Balaban J connectivity index is 1.90. The number of nitrogens with zero attached hydrogens (tertiary/aromatic N) is 2. The molecule has 0 unspecified atom stereocenters. The van der Waals surface area contributed by atoms with Gasteiger partial charge in [-0.25, -0.2) is 12.8 Å². The molecule has 2 aromatic rings. The molecule has 1 heterocycles. The summed E-state index contributed by atoms with van der Waals surface area (Å²) in [7, 11) is -3.69. The van der Waals surface area contributed by atoms with Gasteiger partial charge in [-0.1, -0.05) is 18.2 Å². The molecule has 0 saturated heterocycles. The molecule has 3 rings (SSSR count). The Morgan fingerprint density at radius 3 is 2.48 bits per heavy atom. The van der Waals surface area contributed by atoms with Gasteiger partial charge in [0.05, 0.1) is 11.9 Å². The quantitative estimate of drug-likeness (QED) is 0.840. The molecule has 0 radical (unpaired) electrons. The molecule has 0 spiro atoms. The van der Waals surface area contributed by atoms with E-state index in [1.807, 2.05) is 31.2 Å². The molecule has 0 aromatic heterocycles. The van der Waals surface area contributed by atoms with Gasteiger partial charge in [0.2, 0.25) is 15.9 Å². The molecule has 25 heavy (non-hydrogen) atoms. The van der Waals surface area contributed by atoms with Crippen molar-refractivity contribution < 1.29 is 17.6 Å². The fourth-order valence-corrected chi connectivity index (χ4v) is 4.00. The first-order valence-corrected chi connectivity index (χ1v) is 9.75. The first kappa shape index (κ1) is 17.4. The van der Waals surface area contributed by atoms with Crippen LogP contribution < -0.4 is 9.21 Å². The van der Waals surface area contributed by atoms with Crippen molar-refractivity contribution in [2.24, 2.45) is 0 Å². The smallest absolute Gasteiger partial charge is 0.248 e. The van der Waals surface area contributed by atoms with Crippen LogP contribution in [-0.4, -0.2) is 33.2 Å². The summed E-state index contributed by atoms with van der Waals surface area (Å²) in [5, 5.41) is 0. The Hall–Kier alpha value is -2.41. The SMILES string of the molecule is C[C@@H]1Cc2ccccc2N1C(=O)CN(c1ccc(F)cc1)S(C)(=O)=O. The second kappa shape index (κ2) is 6.48. The van der Waals surface area contributed by atoms with Crippen LogP contribution in [0.15, 0.2) is 48.5 Å². The molecule has 1 aliphatic heterocycles. The van der Waals surface area contributed by atoms with Crippen LogP contribution in [0.25, 0.3) is 0 Å². The van der Waals surface area contributed by atoms with E-state index in [2.05, 4.69) is 0 Å². The van der Waals surface area contributed by atoms with Crippen LogP contribution in [0.2, 0.25) is 0 Å². The third kappa shape index (κ3) is 3.51. The lowest BCUT2D eigenvalue weighted by Gasteiger charge is -2.27. The zero-order valence-electron chi connectivity index (χ0n) is 14.0. The van der Waals surface area contributed by atoms with Crippen molar-refractivity contribution in [3.05, 3.63) is 59.9 Å². The maximum atomic E-state index is 13.1. The number of sulfonamides is 1. The maximum Gasteiger partial charge on any atom is 0.248 e. The van der Waals surface area contributed by atoms with E-state index in [-0.39, 0.29) is 24.2 Å². The van der Waals surface area contributed by atoms with Crippen molar-refractivity contribution in [3.8, 4) is 0 Å². The summed E-state index contributed by atoms with van der Waals surface area (Å²) in [6.07, 6.45) is 1.77. The number of anilines is 2. The minimum atomic E-state index is -3.69. The number of para-hydroxylation sites is 1. The van der Waals surface area contributed by atoms with Gasteiger partial charge in [-0.3, -0.25) is 9.10 Å². The van der Waals surface area contributed by atoms with E-state index < -0.39 is 15.8 Å². The summed E-state index contributed by atoms with van der Waals surface area (Å²) < 4.78 is 38.4. The lowest BCUT2D eigenvalue weighted by Crippen LogP contribution is -2.45. The Morgan fingerprint density at radius 2 is 1.84 bits per heavy atom. The lowest BCUT2D eigenvalue weighted by atomic mass is 10.1. The molecule has 0 saturated carbocycles. The van der Waals surface area contributed by atoms with Crippen LogP contribution in [0, 0.1) is 5.82 Å². The first-order chi connectivity index (χ1) is 11.8. The molecule has 0 bridgehead atoms. The summed E-state index contributed by atoms with van der Waals surface area (Å²) >= 11 is 0. The topological polar surface area (TPSA) is 57.7 Å². The highest BCUT2D eigenvalue weighted by molar-refractivity contribution is 7.92. The summed E-state index contributed by atoms with van der Waals surface area (Å²) in [6, 6.07) is 12.6. The number of amides is 1. The molecule has 7 heteroatoms. The van der Waals surface area contributed by atoms with Gasteiger partial charge in [-0.15, -0.1) is 0 Å². The Morgan fingerprint density at radius 1 is 1.20 bits per heavy atom. The molecular formula is C18H19FN2O3S. The fraction of sp³-hybridized carbons (Fsp3) is 0.278. The van der Waals surface area contributed by atoms with E-state index in [1.165, 1.54) is 24.3 Å². The van der Waals surface area contributed by atoms with E-state index in [4.69, 9.17) is 0 Å². The number of hydrogen-bond acceptors (Lipinski definition) is 3. The van der Waals surface area contributed by atoms with Crippen LogP contribution in [0.1, 0.15) is 12.5 Å². The Labute approximate surface area is 146 Å². The summed E-state index contributed by atoms with van der Waals surface area (Å²) in [5.41, 5.74) is 2.14. The Bertz CT molecular complexity index is 897. The van der Waals surface area contributed by atoms with Crippen LogP contribution in [0.3, 0.4) is 0 Å². The standard InChI is InChI=1S/C18H19FN2O3S/c1-13-11-14-5-3-4-6-17(14)21(13)18(22)12-20(25(2,23)24)16-9-7-15(19)8-10-16/h3-10,13H,11-12H2,1-2H3/t13-/m1/s1. The zero-order valence-corrected chi connectivity index (χ0v) is 14.8. The van der Waals surface area contributed by atoms with Crippen LogP contribution >= 0.6 is 0 Å². The van der Waals surface area contributed by atoms with Gasteiger partial charge in [0.25, 0.3) is 0 Å². The number of carbonyl (C=O) groups is 1. The number of rotatable bonds is 4. The van der Waals surface area contributed by atoms with Crippen molar-refractivity contribution in [1.82, 2.24) is 0 Å². The average molecular weight is 362 g/mol. The molecule has 1 atom stereocenters. The normalized spacial score (nSPS) is 16.6. The van der Waals surface area contributed by atoms with Crippen LogP contribution in [0.4, 0.5) is 15.8 Å². The minimum Gasteiger partial charge on any atom is -0.307 e. The number of halogens is 1. The van der Waals surface area contributed by atoms with Crippen molar-refractivity contribution in [1.29, 1.82) is 0 Å². The van der Waals surface area contributed by atoms with Gasteiger partial charge in [-0.2, -0.15) is 0 Å². The van der Waals surface area contributed by atoms with E-state index in [0.717, 1.165) is 28.2 Å². The number of fused-ring (bicyclic) bond motifs is 1. The van der Waals surface area contributed by atoms with Crippen molar-refractivity contribution in [2.45, 2.75) is 19.4 Å². The molecule has 0 N–H and O–H groups in total. The van der Waals surface area contributed by atoms with Crippen LogP contribution in [0.5, 0.6) is 0 Å². The van der Waals surface area contributed by atoms with E-state index >= 15 is 0 Å². The fourth-order valence-electron chi connectivity index (χ4n) is 3.15. The summed E-state index contributed by atoms with van der Waals surface area (Å²) in [5.74, 6) is -0.780. The van der Waals surface area contributed by atoms with Crippen LogP contribution in [-0.2, 0) is 21.2 Å². The minimum absolute atomic E-state index is 0.0421. The largest absolute Gasteiger partial charge is 0.307 e. The van der Waals surface area contributed by atoms with Gasteiger partial charge in [-0.05, 0) is 49.2 Å². The molecular weight excluding hydrogens is 343 g/mol. The van der Waals surface area contributed by atoms with Gasteiger partial charge >= 0.3 is 0 Å². The van der Waals surface area contributed by atoms with Gasteiger partial charge < -0.3 is 4.90 Å². The highest BCUT2D eigenvalue weighted by atomic mass is 32.2. The molecule has 1 amide bonds. The molecule has 0 fully saturated rings. The highest BCUT2D eigenvalue weighted by Crippen LogP contribution is 2.32. The molecule has 0 aliphatic carbocycles. The molecule has 1 aliphatic rings. The van der Waals surface area contributed by atoms with Gasteiger partial charge in [0.15, 0.2) is 0 Å². The Kier molecular flexibility index (Phi) is 4.51. The van der Waals surface area contributed by atoms with Crippen molar-refractivity contribution in [2.75, 3.05) is 22.0 Å². The highest BCUT2D eigenvalue weighted by Gasteiger charge is 2.33. The van der Waals surface area contributed by atoms with E-state index in [0.29, 0.717) is 0 Å². The van der Waals surface area contributed by atoms with E-state index in [1.54, 1.807) is 4.90 Å². The summed E-state index contributed by atoms with van der Waals surface area (Å²) in [6.45, 7) is 1.60. The van der Waals surface area contributed by atoms with E-state index in [9.17, 15) is 17.6 Å². The van der Waals surface area contributed by atoms with Gasteiger partial charge in [0.1, 0.15) is 12.4 Å². The average Bonchev–Trinajstić information content (AvgIpc) is 2.88. The number of carbonyl (C=O) groups excluding carboxylic acids is 1. The molecule has 5 nitrogen and oxygen atoms in total. The second-order valence-electron chi connectivity index (χ2n) is 6.19. The first-order valence-electron chi connectivity index (χ1n) is 7.90. The predicted molar refractivity (Wildman–Crippen MR) is 95.7 cm³/mol.